The molecule has 0 fully saturated rings. The SMILES string of the molecule is COc1ccc(C(O)C(CN)c2ccncc2)c(OC)c1. The zero-order valence-electron chi connectivity index (χ0n) is 12.2. The molecule has 2 aromatic rings. The molecule has 0 saturated heterocycles. The number of pyridine rings is 1. The van der Waals surface area contributed by atoms with Crippen molar-refractivity contribution in [3.05, 3.63) is 53.9 Å². The second-order valence-corrected chi connectivity index (χ2v) is 4.68. The normalized spacial score (nSPS) is 13.5. The molecule has 3 N–H and O–H groups in total. The fourth-order valence-electron chi connectivity index (χ4n) is 2.34. The molecule has 1 aromatic carbocycles. The number of ether oxygens (including phenoxy) is 2. The Labute approximate surface area is 124 Å². The van der Waals surface area contributed by atoms with E-state index in [1.807, 2.05) is 12.1 Å². The zero-order chi connectivity index (χ0) is 15.2. The molecule has 0 aliphatic rings. The fourth-order valence-corrected chi connectivity index (χ4v) is 2.34. The Morgan fingerprint density at radius 3 is 2.43 bits per heavy atom. The van der Waals surface area contributed by atoms with Gasteiger partial charge in [-0.25, -0.2) is 0 Å². The van der Waals surface area contributed by atoms with Crippen LogP contribution in [-0.2, 0) is 0 Å². The van der Waals surface area contributed by atoms with E-state index in [9.17, 15) is 5.11 Å². The van der Waals surface area contributed by atoms with Crippen LogP contribution in [-0.4, -0.2) is 30.9 Å². The Kier molecular flexibility index (Phi) is 5.14. The highest BCUT2D eigenvalue weighted by atomic mass is 16.5. The molecule has 2 rings (SSSR count). The Bertz CT molecular complexity index is 575. The van der Waals surface area contributed by atoms with Crippen molar-refractivity contribution in [3.63, 3.8) is 0 Å². The Morgan fingerprint density at radius 1 is 1.14 bits per heavy atom. The maximum absolute atomic E-state index is 10.7. The molecule has 0 amide bonds. The summed E-state index contributed by atoms with van der Waals surface area (Å²) in [6.45, 7) is 0.320. The molecule has 0 aliphatic heterocycles. The Morgan fingerprint density at radius 2 is 1.86 bits per heavy atom. The topological polar surface area (TPSA) is 77.6 Å². The van der Waals surface area contributed by atoms with Crippen molar-refractivity contribution >= 4 is 0 Å². The average molecular weight is 288 g/mol. The summed E-state index contributed by atoms with van der Waals surface area (Å²) >= 11 is 0. The smallest absolute Gasteiger partial charge is 0.128 e. The van der Waals surface area contributed by atoms with Gasteiger partial charge in [-0.15, -0.1) is 0 Å². The van der Waals surface area contributed by atoms with E-state index in [-0.39, 0.29) is 5.92 Å². The van der Waals surface area contributed by atoms with Gasteiger partial charge >= 0.3 is 0 Å². The minimum atomic E-state index is -0.766. The third-order valence-corrected chi connectivity index (χ3v) is 3.53. The largest absolute Gasteiger partial charge is 0.497 e. The molecule has 0 radical (unpaired) electrons. The number of aliphatic hydroxyl groups excluding tert-OH is 1. The molecular weight excluding hydrogens is 268 g/mol. The summed E-state index contributed by atoms with van der Waals surface area (Å²) in [5, 5.41) is 10.7. The third-order valence-electron chi connectivity index (χ3n) is 3.53. The maximum Gasteiger partial charge on any atom is 0.128 e. The second-order valence-electron chi connectivity index (χ2n) is 4.68. The van der Waals surface area contributed by atoms with Gasteiger partial charge in [0.25, 0.3) is 0 Å². The zero-order valence-corrected chi connectivity index (χ0v) is 12.2. The second kappa shape index (κ2) is 7.06. The first kappa shape index (κ1) is 15.3. The van der Waals surface area contributed by atoms with E-state index in [2.05, 4.69) is 4.98 Å². The molecule has 0 aliphatic carbocycles. The highest BCUT2D eigenvalue weighted by molar-refractivity contribution is 5.43. The van der Waals surface area contributed by atoms with E-state index < -0.39 is 6.10 Å². The van der Waals surface area contributed by atoms with E-state index in [1.165, 1.54) is 0 Å². The van der Waals surface area contributed by atoms with Crippen LogP contribution in [0.5, 0.6) is 11.5 Å². The van der Waals surface area contributed by atoms with Gasteiger partial charge in [0.2, 0.25) is 0 Å². The van der Waals surface area contributed by atoms with Crippen molar-refractivity contribution < 1.29 is 14.6 Å². The van der Waals surface area contributed by atoms with Gasteiger partial charge in [-0.2, -0.15) is 0 Å². The fraction of sp³-hybridized carbons (Fsp3) is 0.312. The molecule has 1 aromatic heterocycles. The van der Waals surface area contributed by atoms with E-state index in [0.29, 0.717) is 23.6 Å². The molecule has 112 valence electrons. The van der Waals surface area contributed by atoms with Gasteiger partial charge in [0.1, 0.15) is 11.5 Å². The van der Waals surface area contributed by atoms with Gasteiger partial charge in [0.15, 0.2) is 0 Å². The Balaban J connectivity index is 2.35. The lowest BCUT2D eigenvalue weighted by Crippen LogP contribution is -2.20. The number of nitrogens with two attached hydrogens (primary N) is 1. The molecule has 5 heteroatoms. The predicted molar refractivity (Wildman–Crippen MR) is 80.5 cm³/mol. The highest BCUT2D eigenvalue weighted by Crippen LogP contribution is 2.36. The first-order valence-electron chi connectivity index (χ1n) is 6.71. The van der Waals surface area contributed by atoms with Crippen LogP contribution in [0.1, 0.15) is 23.1 Å². The molecule has 5 nitrogen and oxygen atoms in total. The van der Waals surface area contributed by atoms with Crippen LogP contribution < -0.4 is 15.2 Å². The highest BCUT2D eigenvalue weighted by Gasteiger charge is 2.24. The summed E-state index contributed by atoms with van der Waals surface area (Å²) < 4.78 is 10.5. The molecule has 2 atom stereocenters. The van der Waals surface area contributed by atoms with Gasteiger partial charge in [0.05, 0.1) is 20.3 Å². The van der Waals surface area contributed by atoms with Crippen molar-refractivity contribution in [3.8, 4) is 11.5 Å². The number of hydrogen-bond donors (Lipinski definition) is 2. The minimum absolute atomic E-state index is 0.227. The number of hydrogen-bond acceptors (Lipinski definition) is 5. The number of aliphatic hydroxyl groups is 1. The quantitative estimate of drug-likeness (QED) is 0.848. The van der Waals surface area contributed by atoms with Crippen LogP contribution in [0.2, 0.25) is 0 Å². The summed E-state index contributed by atoms with van der Waals surface area (Å²) in [4.78, 5) is 3.99. The van der Waals surface area contributed by atoms with E-state index >= 15 is 0 Å². The van der Waals surface area contributed by atoms with Crippen molar-refractivity contribution in [1.82, 2.24) is 4.98 Å². The summed E-state index contributed by atoms with van der Waals surface area (Å²) in [5.41, 5.74) is 7.47. The van der Waals surface area contributed by atoms with Crippen molar-refractivity contribution in [2.75, 3.05) is 20.8 Å². The van der Waals surface area contributed by atoms with Gasteiger partial charge in [-0.3, -0.25) is 4.98 Å². The van der Waals surface area contributed by atoms with Crippen molar-refractivity contribution in [1.29, 1.82) is 0 Å². The number of rotatable bonds is 6. The van der Waals surface area contributed by atoms with E-state index in [1.54, 1.807) is 44.8 Å². The van der Waals surface area contributed by atoms with Crippen LogP contribution >= 0.6 is 0 Å². The lowest BCUT2D eigenvalue weighted by molar-refractivity contribution is 0.143. The predicted octanol–water partition coefficient (Wildman–Crippen LogP) is 1.87. The first-order valence-corrected chi connectivity index (χ1v) is 6.71. The summed E-state index contributed by atoms with van der Waals surface area (Å²) in [6, 6.07) is 9.06. The monoisotopic (exact) mass is 288 g/mol. The Hall–Kier alpha value is -2.11. The molecule has 0 bridgehead atoms. The van der Waals surface area contributed by atoms with Gasteiger partial charge in [0, 0.05) is 36.5 Å². The van der Waals surface area contributed by atoms with E-state index in [0.717, 1.165) is 5.56 Å². The molecular formula is C16H20N2O3. The molecule has 2 unspecified atom stereocenters. The molecule has 1 heterocycles. The summed E-state index contributed by atoms with van der Waals surface area (Å²) in [5.74, 6) is 1.03. The van der Waals surface area contributed by atoms with Gasteiger partial charge in [-0.05, 0) is 29.8 Å². The molecule has 0 saturated carbocycles. The summed E-state index contributed by atoms with van der Waals surface area (Å²) in [6.07, 6.45) is 2.62. The number of aromatic nitrogens is 1. The van der Waals surface area contributed by atoms with Crippen LogP contribution in [0.15, 0.2) is 42.7 Å². The van der Waals surface area contributed by atoms with Crippen LogP contribution in [0.4, 0.5) is 0 Å². The van der Waals surface area contributed by atoms with Gasteiger partial charge < -0.3 is 20.3 Å². The van der Waals surface area contributed by atoms with Crippen LogP contribution in [0.25, 0.3) is 0 Å². The number of nitrogens with zero attached hydrogens (tertiary/aromatic N) is 1. The third kappa shape index (κ3) is 3.32. The van der Waals surface area contributed by atoms with Crippen molar-refractivity contribution in [2.24, 2.45) is 5.73 Å². The van der Waals surface area contributed by atoms with E-state index in [4.69, 9.17) is 15.2 Å². The average Bonchev–Trinajstić information content (AvgIpc) is 2.55. The standard InChI is InChI=1S/C16H20N2O3/c1-20-12-3-4-13(15(9-12)21-2)16(19)14(10-17)11-5-7-18-8-6-11/h3-9,14,16,19H,10,17H2,1-2H3. The lowest BCUT2D eigenvalue weighted by Gasteiger charge is -2.24. The lowest BCUT2D eigenvalue weighted by atomic mass is 9.89. The molecule has 0 spiro atoms. The number of methoxy groups -OCH3 is 2. The number of benzene rings is 1. The van der Waals surface area contributed by atoms with Crippen LogP contribution in [0, 0.1) is 0 Å². The minimum Gasteiger partial charge on any atom is -0.497 e. The van der Waals surface area contributed by atoms with Gasteiger partial charge in [-0.1, -0.05) is 0 Å². The maximum atomic E-state index is 10.7. The summed E-state index contributed by atoms with van der Waals surface area (Å²) in [7, 11) is 3.15. The first-order chi connectivity index (χ1) is 10.2. The van der Waals surface area contributed by atoms with Crippen molar-refractivity contribution in [2.45, 2.75) is 12.0 Å². The van der Waals surface area contributed by atoms with Crippen LogP contribution in [0.3, 0.4) is 0 Å². The molecule has 21 heavy (non-hydrogen) atoms.